The Hall–Kier alpha value is -2.60. The van der Waals surface area contributed by atoms with Crippen molar-refractivity contribution in [1.82, 2.24) is 20.1 Å². The highest BCUT2D eigenvalue weighted by Crippen LogP contribution is 2.26. The van der Waals surface area contributed by atoms with Crippen molar-refractivity contribution < 1.29 is 4.52 Å². The van der Waals surface area contributed by atoms with Gasteiger partial charge in [-0.05, 0) is 30.3 Å². The first-order chi connectivity index (χ1) is 9.90. The first-order valence-electron chi connectivity index (χ1n) is 5.98. The molecule has 0 fully saturated rings. The zero-order valence-corrected chi connectivity index (χ0v) is 11.0. The van der Waals surface area contributed by atoms with Crippen LogP contribution in [-0.4, -0.2) is 20.1 Å². The van der Waals surface area contributed by atoms with E-state index in [9.17, 15) is 0 Å². The first-order valence-corrected chi connectivity index (χ1v) is 6.86. The van der Waals surface area contributed by atoms with Gasteiger partial charge in [-0.15, -0.1) is 11.3 Å². The van der Waals surface area contributed by atoms with Crippen molar-refractivity contribution in [3.63, 3.8) is 0 Å². The van der Waals surface area contributed by atoms with Gasteiger partial charge in [-0.2, -0.15) is 4.98 Å². The van der Waals surface area contributed by atoms with E-state index >= 15 is 0 Å². The van der Waals surface area contributed by atoms with E-state index in [2.05, 4.69) is 20.1 Å². The van der Waals surface area contributed by atoms with Gasteiger partial charge in [-0.3, -0.25) is 4.98 Å². The Kier molecular flexibility index (Phi) is 2.53. The normalized spacial score (nSPS) is 11.0. The van der Waals surface area contributed by atoms with E-state index < -0.39 is 0 Å². The van der Waals surface area contributed by atoms with Crippen LogP contribution in [0.15, 0.2) is 52.8 Å². The second-order valence-electron chi connectivity index (χ2n) is 4.20. The summed E-state index contributed by atoms with van der Waals surface area (Å²) in [5.41, 5.74) is 4.46. The lowest BCUT2D eigenvalue weighted by molar-refractivity contribution is 0.432. The molecule has 6 heteroatoms. The number of rotatable bonds is 2. The van der Waals surface area contributed by atoms with Crippen LogP contribution in [0.3, 0.4) is 0 Å². The second-order valence-corrected chi connectivity index (χ2v) is 5.09. The van der Waals surface area contributed by atoms with Crippen LogP contribution in [0.25, 0.3) is 33.1 Å². The molecule has 4 rings (SSSR count). The van der Waals surface area contributed by atoms with Gasteiger partial charge in [0.2, 0.25) is 5.82 Å². The van der Waals surface area contributed by atoms with Crippen molar-refractivity contribution in [2.75, 3.05) is 0 Å². The molecule has 0 amide bonds. The molecule has 0 aliphatic heterocycles. The number of pyridine rings is 1. The third kappa shape index (κ3) is 1.86. The summed E-state index contributed by atoms with van der Waals surface area (Å²) in [6.07, 6.45) is 3.42. The van der Waals surface area contributed by atoms with Gasteiger partial charge in [0.15, 0.2) is 0 Å². The molecule has 4 aromatic rings. The van der Waals surface area contributed by atoms with Crippen LogP contribution in [-0.2, 0) is 0 Å². The molecule has 3 aromatic heterocycles. The number of hydrogen-bond donors (Lipinski definition) is 0. The van der Waals surface area contributed by atoms with Crippen molar-refractivity contribution in [2.45, 2.75) is 0 Å². The molecule has 0 atom stereocenters. The van der Waals surface area contributed by atoms with Gasteiger partial charge in [-0.25, -0.2) is 4.98 Å². The molecule has 3 heterocycles. The fourth-order valence-electron chi connectivity index (χ4n) is 1.94. The Bertz CT molecular complexity index is 869. The molecule has 96 valence electrons. The Balaban J connectivity index is 1.77. The molecule has 0 bridgehead atoms. The average Bonchev–Trinajstić information content (AvgIpc) is 3.16. The fraction of sp³-hybridized carbons (Fsp3) is 0. The summed E-state index contributed by atoms with van der Waals surface area (Å²) in [5.74, 6) is 1.02. The maximum Gasteiger partial charge on any atom is 0.258 e. The predicted molar refractivity (Wildman–Crippen MR) is 76.1 cm³/mol. The van der Waals surface area contributed by atoms with Gasteiger partial charge < -0.3 is 4.52 Å². The van der Waals surface area contributed by atoms with Crippen molar-refractivity contribution >= 4 is 21.6 Å². The average molecular weight is 280 g/mol. The molecule has 0 aliphatic carbocycles. The Morgan fingerprint density at radius 1 is 1.10 bits per heavy atom. The lowest BCUT2D eigenvalue weighted by Gasteiger charge is -1.93. The Morgan fingerprint density at radius 3 is 3.00 bits per heavy atom. The van der Waals surface area contributed by atoms with Gasteiger partial charge in [0, 0.05) is 23.5 Å². The molecule has 0 saturated carbocycles. The SMILES string of the molecule is c1cncc(-c2noc(-c3ccc4scnc4c3)n2)c1. The molecule has 0 spiro atoms. The topological polar surface area (TPSA) is 64.7 Å². The molecule has 0 unspecified atom stereocenters. The maximum atomic E-state index is 5.32. The molecular weight excluding hydrogens is 272 g/mol. The summed E-state index contributed by atoms with van der Waals surface area (Å²) in [4.78, 5) is 12.7. The molecule has 0 N–H and O–H groups in total. The van der Waals surface area contributed by atoms with E-state index in [1.165, 1.54) is 0 Å². The first kappa shape index (κ1) is 11.2. The van der Waals surface area contributed by atoms with Crippen molar-refractivity contribution in [2.24, 2.45) is 0 Å². The Morgan fingerprint density at radius 2 is 2.10 bits per heavy atom. The monoisotopic (exact) mass is 280 g/mol. The number of thiazole rings is 1. The standard InChI is InChI=1S/C14H8N4OS/c1-2-10(7-15-5-1)13-17-14(19-18-13)9-3-4-12-11(6-9)16-8-20-12/h1-8H. The quantitative estimate of drug-likeness (QED) is 0.563. The Labute approximate surface area is 117 Å². The van der Waals surface area contributed by atoms with Gasteiger partial charge in [0.1, 0.15) is 0 Å². The molecular formula is C14H8N4OS. The van der Waals surface area contributed by atoms with E-state index in [1.54, 1.807) is 23.7 Å². The summed E-state index contributed by atoms with van der Waals surface area (Å²) in [6.45, 7) is 0. The minimum atomic E-state index is 0.485. The van der Waals surface area contributed by atoms with Crippen LogP contribution >= 0.6 is 11.3 Å². The lowest BCUT2D eigenvalue weighted by atomic mass is 10.2. The summed E-state index contributed by atoms with van der Waals surface area (Å²) in [7, 11) is 0. The largest absolute Gasteiger partial charge is 0.334 e. The van der Waals surface area contributed by atoms with E-state index in [0.29, 0.717) is 11.7 Å². The number of aromatic nitrogens is 4. The summed E-state index contributed by atoms with van der Waals surface area (Å²) >= 11 is 1.61. The van der Waals surface area contributed by atoms with Crippen LogP contribution in [0.4, 0.5) is 0 Å². The lowest BCUT2D eigenvalue weighted by Crippen LogP contribution is -1.82. The minimum Gasteiger partial charge on any atom is -0.334 e. The van der Waals surface area contributed by atoms with Crippen molar-refractivity contribution in [3.8, 4) is 22.8 Å². The highest BCUT2D eigenvalue weighted by Gasteiger charge is 2.11. The van der Waals surface area contributed by atoms with Gasteiger partial charge in [-0.1, -0.05) is 5.16 Å². The number of benzene rings is 1. The van der Waals surface area contributed by atoms with Gasteiger partial charge in [0.05, 0.1) is 15.7 Å². The third-order valence-electron chi connectivity index (χ3n) is 2.92. The molecule has 20 heavy (non-hydrogen) atoms. The zero-order chi connectivity index (χ0) is 13.4. The van der Waals surface area contributed by atoms with Gasteiger partial charge in [0.25, 0.3) is 5.89 Å². The number of fused-ring (bicyclic) bond motifs is 1. The van der Waals surface area contributed by atoms with E-state index in [-0.39, 0.29) is 0 Å². The van der Waals surface area contributed by atoms with Crippen LogP contribution in [0.2, 0.25) is 0 Å². The van der Waals surface area contributed by atoms with Crippen LogP contribution in [0.5, 0.6) is 0 Å². The van der Waals surface area contributed by atoms with Crippen LogP contribution < -0.4 is 0 Å². The summed E-state index contributed by atoms with van der Waals surface area (Å²) < 4.78 is 6.46. The molecule has 5 nitrogen and oxygen atoms in total. The van der Waals surface area contributed by atoms with Crippen molar-refractivity contribution in [1.29, 1.82) is 0 Å². The van der Waals surface area contributed by atoms with Crippen molar-refractivity contribution in [3.05, 3.63) is 48.2 Å². The van der Waals surface area contributed by atoms with Crippen LogP contribution in [0, 0.1) is 0 Å². The third-order valence-corrected chi connectivity index (χ3v) is 3.73. The summed E-state index contributed by atoms with van der Waals surface area (Å²) in [6, 6.07) is 9.65. The molecule has 0 aliphatic rings. The van der Waals surface area contributed by atoms with E-state index in [0.717, 1.165) is 21.3 Å². The minimum absolute atomic E-state index is 0.485. The smallest absolute Gasteiger partial charge is 0.258 e. The maximum absolute atomic E-state index is 5.32. The van der Waals surface area contributed by atoms with E-state index in [1.807, 2.05) is 35.8 Å². The summed E-state index contributed by atoms with van der Waals surface area (Å²) in [5, 5.41) is 3.99. The zero-order valence-electron chi connectivity index (χ0n) is 10.2. The van der Waals surface area contributed by atoms with E-state index in [4.69, 9.17) is 4.52 Å². The second kappa shape index (κ2) is 4.50. The van der Waals surface area contributed by atoms with Crippen LogP contribution in [0.1, 0.15) is 0 Å². The highest BCUT2D eigenvalue weighted by molar-refractivity contribution is 7.16. The van der Waals surface area contributed by atoms with Gasteiger partial charge >= 0.3 is 0 Å². The molecule has 0 radical (unpaired) electrons. The predicted octanol–water partition coefficient (Wildman–Crippen LogP) is 3.41. The number of nitrogens with zero attached hydrogens (tertiary/aromatic N) is 4. The fourth-order valence-corrected chi connectivity index (χ4v) is 2.60. The highest BCUT2D eigenvalue weighted by atomic mass is 32.1. The molecule has 1 aromatic carbocycles. The molecule has 0 saturated heterocycles. The number of hydrogen-bond acceptors (Lipinski definition) is 6.